The number of likely N-dealkylation sites (N-methyl/N-ethyl adjacent to an activating group) is 1. The first-order valence-corrected chi connectivity index (χ1v) is 11.8. The van der Waals surface area contributed by atoms with Gasteiger partial charge in [-0.2, -0.15) is 0 Å². The second-order valence-corrected chi connectivity index (χ2v) is 8.71. The molecule has 0 atom stereocenters. The third-order valence-corrected chi connectivity index (χ3v) is 6.51. The van der Waals surface area contributed by atoms with Crippen LogP contribution in [0.2, 0.25) is 0 Å². The van der Waals surface area contributed by atoms with Gasteiger partial charge in [0.2, 0.25) is 5.91 Å². The van der Waals surface area contributed by atoms with E-state index in [0.717, 1.165) is 35.1 Å². The van der Waals surface area contributed by atoms with E-state index in [4.69, 9.17) is 4.74 Å². The number of hydrogen-bond donors (Lipinski definition) is 0. The Labute approximate surface area is 188 Å². The summed E-state index contributed by atoms with van der Waals surface area (Å²) in [4.78, 5) is 21.8. The van der Waals surface area contributed by atoms with Gasteiger partial charge in [-0.05, 0) is 55.7 Å². The summed E-state index contributed by atoms with van der Waals surface area (Å²) in [6.45, 7) is 5.43. The molecule has 0 radical (unpaired) electrons. The highest BCUT2D eigenvalue weighted by Gasteiger charge is 2.18. The second kappa shape index (κ2) is 9.96. The Balaban J connectivity index is 1.39. The number of nitrogens with zero attached hydrogens (tertiary/aromatic N) is 3. The number of para-hydroxylation sites is 1. The Kier molecular flexibility index (Phi) is 6.87. The second-order valence-electron chi connectivity index (χ2n) is 7.85. The van der Waals surface area contributed by atoms with Gasteiger partial charge in [0, 0.05) is 43.3 Å². The number of anilines is 1. The van der Waals surface area contributed by atoms with Crippen LogP contribution in [0.3, 0.4) is 0 Å². The molecule has 0 saturated carbocycles. The third kappa shape index (κ3) is 5.25. The van der Waals surface area contributed by atoms with E-state index in [-0.39, 0.29) is 5.91 Å². The number of amides is 1. The van der Waals surface area contributed by atoms with Crippen molar-refractivity contribution in [1.29, 1.82) is 0 Å². The van der Waals surface area contributed by atoms with Crippen LogP contribution in [0.5, 0.6) is 5.75 Å². The van der Waals surface area contributed by atoms with Gasteiger partial charge in [-0.15, -0.1) is 11.3 Å². The predicted octanol–water partition coefficient (Wildman–Crippen LogP) is 5.01. The summed E-state index contributed by atoms with van der Waals surface area (Å²) in [6.07, 6.45) is 2.79. The number of carbonyl (C=O) groups excluding carboxylic acids is 1. The molecule has 0 spiro atoms. The lowest BCUT2D eigenvalue weighted by Crippen LogP contribution is -2.29. The Hall–Kier alpha value is -2.86. The van der Waals surface area contributed by atoms with E-state index in [0.29, 0.717) is 19.6 Å². The first kappa shape index (κ1) is 21.4. The highest BCUT2D eigenvalue weighted by atomic mass is 32.1. The highest BCUT2D eigenvalue weighted by molar-refractivity contribution is 7.13. The van der Waals surface area contributed by atoms with Gasteiger partial charge in [-0.3, -0.25) is 4.79 Å². The van der Waals surface area contributed by atoms with Crippen LogP contribution in [0.1, 0.15) is 31.0 Å². The predicted molar refractivity (Wildman–Crippen MR) is 127 cm³/mol. The van der Waals surface area contributed by atoms with Crippen LogP contribution in [0.15, 0.2) is 53.9 Å². The zero-order chi connectivity index (χ0) is 21.6. The zero-order valence-corrected chi connectivity index (χ0v) is 19.0. The molecule has 1 aromatic heterocycles. The van der Waals surface area contributed by atoms with Crippen LogP contribution >= 0.6 is 11.3 Å². The lowest BCUT2D eigenvalue weighted by molar-refractivity contribution is -0.129. The summed E-state index contributed by atoms with van der Waals surface area (Å²) in [5, 5.41) is 2.91. The fourth-order valence-corrected chi connectivity index (χ4v) is 4.75. The monoisotopic (exact) mass is 435 g/mol. The molecule has 1 amide bonds. The minimum Gasteiger partial charge on any atom is -0.494 e. The molecular weight excluding hydrogens is 406 g/mol. The number of rotatable bonds is 8. The molecule has 0 bridgehead atoms. The summed E-state index contributed by atoms with van der Waals surface area (Å²) < 4.78 is 5.50. The SMILES string of the molecule is CCOc1ccc(-c2nc(CC(=O)N(C)Cc3ccccc3N3CCCC3)cs2)cc1. The Morgan fingerprint density at radius 3 is 2.61 bits per heavy atom. The first-order valence-electron chi connectivity index (χ1n) is 10.9. The Bertz CT molecular complexity index is 1010. The molecule has 2 heterocycles. The molecule has 1 saturated heterocycles. The molecule has 0 N–H and O–H groups in total. The number of aromatic nitrogens is 1. The van der Waals surface area contributed by atoms with Gasteiger partial charge < -0.3 is 14.5 Å². The lowest BCUT2D eigenvalue weighted by Gasteiger charge is -2.24. The van der Waals surface area contributed by atoms with Gasteiger partial charge in [-0.1, -0.05) is 18.2 Å². The zero-order valence-electron chi connectivity index (χ0n) is 18.2. The Morgan fingerprint density at radius 1 is 1.13 bits per heavy atom. The van der Waals surface area contributed by atoms with Gasteiger partial charge in [0.1, 0.15) is 10.8 Å². The first-order chi connectivity index (χ1) is 15.1. The normalized spacial score (nSPS) is 13.4. The van der Waals surface area contributed by atoms with Crippen molar-refractivity contribution in [3.8, 4) is 16.3 Å². The minimum absolute atomic E-state index is 0.0831. The van der Waals surface area contributed by atoms with Crippen molar-refractivity contribution in [3.05, 3.63) is 65.2 Å². The van der Waals surface area contributed by atoms with Gasteiger partial charge in [0.15, 0.2) is 0 Å². The van der Waals surface area contributed by atoms with Gasteiger partial charge >= 0.3 is 0 Å². The fourth-order valence-electron chi connectivity index (χ4n) is 3.93. The van der Waals surface area contributed by atoms with Gasteiger partial charge in [0.05, 0.1) is 18.7 Å². The van der Waals surface area contributed by atoms with Gasteiger partial charge in [-0.25, -0.2) is 4.98 Å². The molecule has 5 nitrogen and oxygen atoms in total. The van der Waals surface area contributed by atoms with Crippen molar-refractivity contribution in [2.24, 2.45) is 0 Å². The van der Waals surface area contributed by atoms with Crippen molar-refractivity contribution < 1.29 is 9.53 Å². The average Bonchev–Trinajstić information content (AvgIpc) is 3.47. The van der Waals surface area contributed by atoms with E-state index >= 15 is 0 Å². The molecular formula is C25H29N3O2S. The average molecular weight is 436 g/mol. The van der Waals surface area contributed by atoms with Crippen molar-refractivity contribution >= 4 is 22.9 Å². The maximum Gasteiger partial charge on any atom is 0.228 e. The van der Waals surface area contributed by atoms with E-state index < -0.39 is 0 Å². The van der Waals surface area contributed by atoms with Crippen LogP contribution in [0, 0.1) is 0 Å². The molecule has 0 unspecified atom stereocenters. The van der Waals surface area contributed by atoms with Crippen LogP contribution in [-0.2, 0) is 17.8 Å². The maximum atomic E-state index is 12.9. The molecule has 162 valence electrons. The van der Waals surface area contributed by atoms with Gasteiger partial charge in [0.25, 0.3) is 0 Å². The van der Waals surface area contributed by atoms with Crippen LogP contribution in [0.4, 0.5) is 5.69 Å². The number of thiazole rings is 1. The van der Waals surface area contributed by atoms with E-state index in [1.165, 1.54) is 24.1 Å². The topological polar surface area (TPSA) is 45.7 Å². The lowest BCUT2D eigenvalue weighted by atomic mass is 10.1. The summed E-state index contributed by atoms with van der Waals surface area (Å²) in [5.74, 6) is 0.939. The van der Waals surface area contributed by atoms with Crippen LogP contribution in [0.25, 0.3) is 10.6 Å². The molecule has 6 heteroatoms. The van der Waals surface area contributed by atoms with Crippen LogP contribution < -0.4 is 9.64 Å². The number of benzene rings is 2. The Morgan fingerprint density at radius 2 is 1.87 bits per heavy atom. The largest absolute Gasteiger partial charge is 0.494 e. The standard InChI is InChI=1S/C25H29N3O2S/c1-3-30-22-12-10-19(11-13-22)25-26-21(18-31-25)16-24(29)27(2)17-20-8-4-5-9-23(20)28-14-6-7-15-28/h4-5,8-13,18H,3,6-7,14-17H2,1-2H3. The third-order valence-electron chi connectivity index (χ3n) is 5.57. The van der Waals surface area contributed by atoms with E-state index in [1.54, 1.807) is 11.3 Å². The molecule has 1 aliphatic heterocycles. The molecule has 31 heavy (non-hydrogen) atoms. The van der Waals surface area contributed by atoms with E-state index in [2.05, 4.69) is 34.1 Å². The number of carbonyl (C=O) groups is 1. The summed E-state index contributed by atoms with van der Waals surface area (Å²) in [7, 11) is 1.88. The quantitative estimate of drug-likeness (QED) is 0.499. The fraction of sp³-hybridized carbons (Fsp3) is 0.360. The number of ether oxygens (including phenoxy) is 1. The maximum absolute atomic E-state index is 12.9. The van der Waals surface area contributed by atoms with Crippen molar-refractivity contribution in [2.75, 3.05) is 31.6 Å². The van der Waals surface area contributed by atoms with E-state index in [9.17, 15) is 4.79 Å². The molecule has 4 rings (SSSR count). The van der Waals surface area contributed by atoms with Crippen molar-refractivity contribution in [3.63, 3.8) is 0 Å². The van der Waals surface area contributed by atoms with Crippen LogP contribution in [-0.4, -0.2) is 42.5 Å². The molecule has 3 aromatic rings. The minimum atomic E-state index is 0.0831. The van der Waals surface area contributed by atoms with Crippen molar-refractivity contribution in [2.45, 2.75) is 32.7 Å². The van der Waals surface area contributed by atoms with E-state index in [1.807, 2.05) is 48.5 Å². The molecule has 2 aromatic carbocycles. The summed E-state index contributed by atoms with van der Waals surface area (Å²) in [5.41, 5.74) is 4.32. The highest BCUT2D eigenvalue weighted by Crippen LogP contribution is 2.27. The molecule has 1 fully saturated rings. The molecule has 1 aliphatic rings. The summed E-state index contributed by atoms with van der Waals surface area (Å²) in [6, 6.07) is 16.4. The summed E-state index contributed by atoms with van der Waals surface area (Å²) >= 11 is 1.57. The smallest absolute Gasteiger partial charge is 0.228 e. The van der Waals surface area contributed by atoms with Crippen molar-refractivity contribution in [1.82, 2.24) is 9.88 Å². The molecule has 0 aliphatic carbocycles. The number of hydrogen-bond acceptors (Lipinski definition) is 5.